The van der Waals surface area contributed by atoms with Crippen LogP contribution in [0.2, 0.25) is 0 Å². The van der Waals surface area contributed by atoms with Crippen molar-refractivity contribution in [1.29, 1.82) is 0 Å². The van der Waals surface area contributed by atoms with Crippen molar-refractivity contribution in [2.45, 2.75) is 31.0 Å². The normalized spacial score (nSPS) is 25.2. The van der Waals surface area contributed by atoms with Gasteiger partial charge in [-0.15, -0.1) is 0 Å². The van der Waals surface area contributed by atoms with Crippen molar-refractivity contribution in [3.8, 4) is 0 Å². The Balaban J connectivity index is 2.34. The van der Waals surface area contributed by atoms with Crippen LogP contribution in [0.3, 0.4) is 0 Å². The molecule has 1 aromatic rings. The molecule has 1 fully saturated rings. The molecule has 2 rings (SSSR count). The smallest absolute Gasteiger partial charge is 0.316 e. The monoisotopic (exact) mass is 229 g/mol. The lowest BCUT2D eigenvalue weighted by molar-refractivity contribution is -0.138. The summed E-state index contributed by atoms with van der Waals surface area (Å²) in [5, 5.41) is 3.06. The minimum absolute atomic E-state index is 0.00262. The number of hydrogen-bond acceptors (Lipinski definition) is 1. The molecule has 1 aliphatic rings. The first-order valence-corrected chi connectivity index (χ1v) is 5.37. The Morgan fingerprint density at radius 2 is 1.88 bits per heavy atom. The molecule has 1 N–H and O–H groups in total. The van der Waals surface area contributed by atoms with Crippen LogP contribution >= 0.6 is 0 Å². The Kier molecular flexibility index (Phi) is 2.93. The van der Waals surface area contributed by atoms with Gasteiger partial charge < -0.3 is 5.32 Å². The Bertz CT molecular complexity index is 371. The van der Waals surface area contributed by atoms with Crippen LogP contribution in [0.15, 0.2) is 24.3 Å². The molecular weight excluding hydrogens is 215 g/mol. The van der Waals surface area contributed by atoms with E-state index in [4.69, 9.17) is 0 Å². The van der Waals surface area contributed by atoms with Crippen LogP contribution in [0.25, 0.3) is 0 Å². The van der Waals surface area contributed by atoms with E-state index in [-0.39, 0.29) is 12.0 Å². The van der Waals surface area contributed by atoms with Crippen LogP contribution in [0, 0.1) is 0 Å². The average Bonchev–Trinajstić information content (AvgIpc) is 2.16. The van der Waals surface area contributed by atoms with E-state index in [0.717, 1.165) is 12.8 Å². The van der Waals surface area contributed by atoms with Crippen LogP contribution in [-0.4, -0.2) is 13.1 Å². The summed E-state index contributed by atoms with van der Waals surface area (Å²) in [6.07, 6.45) is -2.46. The fourth-order valence-corrected chi connectivity index (χ4v) is 2.30. The summed E-state index contributed by atoms with van der Waals surface area (Å²) in [5.74, 6) is 0.00262. The third-order valence-corrected chi connectivity index (χ3v) is 3.31. The average molecular weight is 229 g/mol. The maximum Gasteiger partial charge on any atom is 0.416 e. The quantitative estimate of drug-likeness (QED) is 0.821. The van der Waals surface area contributed by atoms with E-state index in [1.165, 1.54) is 12.1 Å². The zero-order chi connectivity index (χ0) is 11.8. The van der Waals surface area contributed by atoms with Gasteiger partial charge >= 0.3 is 6.18 Å². The van der Waals surface area contributed by atoms with Gasteiger partial charge in [-0.25, -0.2) is 0 Å². The molecule has 2 atom stereocenters. The SMILES string of the molecule is CNC1CCC1c1ccccc1C(F)(F)F. The lowest BCUT2D eigenvalue weighted by atomic mass is 9.73. The molecule has 1 aromatic carbocycles. The van der Waals surface area contributed by atoms with Gasteiger partial charge in [0, 0.05) is 6.04 Å². The first kappa shape index (κ1) is 11.5. The van der Waals surface area contributed by atoms with Crippen molar-refractivity contribution in [2.24, 2.45) is 0 Å². The van der Waals surface area contributed by atoms with Crippen molar-refractivity contribution in [3.63, 3.8) is 0 Å². The lowest BCUT2D eigenvalue weighted by Crippen LogP contribution is -2.40. The van der Waals surface area contributed by atoms with Gasteiger partial charge in [0.05, 0.1) is 5.56 Å². The first-order chi connectivity index (χ1) is 7.54. The summed E-state index contributed by atoms with van der Waals surface area (Å²) in [6.45, 7) is 0. The second kappa shape index (κ2) is 4.09. The van der Waals surface area contributed by atoms with E-state index in [2.05, 4.69) is 5.32 Å². The molecular formula is C12H14F3N. The van der Waals surface area contributed by atoms with Crippen LogP contribution in [0.4, 0.5) is 13.2 Å². The summed E-state index contributed by atoms with van der Waals surface area (Å²) in [7, 11) is 1.80. The second-order valence-electron chi connectivity index (χ2n) is 4.16. The van der Waals surface area contributed by atoms with Crippen LogP contribution in [-0.2, 0) is 6.18 Å². The van der Waals surface area contributed by atoms with Gasteiger partial charge in [-0.1, -0.05) is 18.2 Å². The number of likely N-dealkylation sites (N-methyl/N-ethyl adjacent to an activating group) is 1. The van der Waals surface area contributed by atoms with Crippen LogP contribution in [0.1, 0.15) is 29.9 Å². The molecule has 0 aliphatic heterocycles. The lowest BCUT2D eigenvalue weighted by Gasteiger charge is -2.38. The summed E-state index contributed by atoms with van der Waals surface area (Å²) in [6, 6.07) is 6.07. The number of benzene rings is 1. The highest BCUT2D eigenvalue weighted by Gasteiger charge is 2.39. The predicted molar refractivity (Wildman–Crippen MR) is 56.3 cm³/mol. The molecule has 1 nitrogen and oxygen atoms in total. The maximum absolute atomic E-state index is 12.8. The first-order valence-electron chi connectivity index (χ1n) is 5.37. The number of alkyl halides is 3. The molecule has 1 saturated carbocycles. The van der Waals surface area contributed by atoms with E-state index >= 15 is 0 Å². The second-order valence-corrected chi connectivity index (χ2v) is 4.16. The molecule has 88 valence electrons. The molecule has 0 amide bonds. The van der Waals surface area contributed by atoms with Crippen molar-refractivity contribution < 1.29 is 13.2 Å². The highest BCUT2D eigenvalue weighted by atomic mass is 19.4. The van der Waals surface area contributed by atoms with Gasteiger partial charge in [-0.05, 0) is 37.4 Å². The molecule has 0 radical (unpaired) electrons. The van der Waals surface area contributed by atoms with Crippen LogP contribution in [0.5, 0.6) is 0 Å². The summed E-state index contributed by atoms with van der Waals surface area (Å²) < 4.78 is 38.3. The highest BCUT2D eigenvalue weighted by molar-refractivity contribution is 5.35. The Hall–Kier alpha value is -1.03. The van der Waals surface area contributed by atoms with Crippen molar-refractivity contribution in [2.75, 3.05) is 7.05 Å². The fraction of sp³-hybridized carbons (Fsp3) is 0.500. The van der Waals surface area contributed by atoms with E-state index in [1.807, 2.05) is 0 Å². The third kappa shape index (κ3) is 1.94. The molecule has 0 saturated heterocycles. The Morgan fingerprint density at radius 3 is 2.38 bits per heavy atom. The predicted octanol–water partition coefficient (Wildman–Crippen LogP) is 3.17. The van der Waals surface area contributed by atoms with Crippen molar-refractivity contribution in [1.82, 2.24) is 5.32 Å². The van der Waals surface area contributed by atoms with Gasteiger partial charge in [0.1, 0.15) is 0 Å². The van der Waals surface area contributed by atoms with Gasteiger partial charge in [-0.2, -0.15) is 13.2 Å². The third-order valence-electron chi connectivity index (χ3n) is 3.31. The molecule has 0 heterocycles. The topological polar surface area (TPSA) is 12.0 Å². The number of hydrogen-bond donors (Lipinski definition) is 1. The number of nitrogens with one attached hydrogen (secondary N) is 1. The van der Waals surface area contributed by atoms with Gasteiger partial charge in [0.2, 0.25) is 0 Å². The molecule has 1 aliphatic carbocycles. The van der Waals surface area contributed by atoms with E-state index in [0.29, 0.717) is 5.56 Å². The van der Waals surface area contributed by atoms with E-state index in [1.54, 1.807) is 19.2 Å². The van der Waals surface area contributed by atoms with Crippen LogP contribution < -0.4 is 5.32 Å². The minimum atomic E-state index is -4.25. The van der Waals surface area contributed by atoms with Crippen molar-refractivity contribution >= 4 is 0 Å². The standard InChI is InChI=1S/C12H14F3N/c1-16-11-7-6-9(11)8-4-2-3-5-10(8)12(13,14)15/h2-5,9,11,16H,6-7H2,1H3. The van der Waals surface area contributed by atoms with E-state index in [9.17, 15) is 13.2 Å². The fourth-order valence-electron chi connectivity index (χ4n) is 2.30. The highest BCUT2D eigenvalue weighted by Crippen LogP contribution is 2.42. The van der Waals surface area contributed by atoms with Gasteiger partial charge in [0.25, 0.3) is 0 Å². The molecule has 0 aromatic heterocycles. The van der Waals surface area contributed by atoms with Gasteiger partial charge in [-0.3, -0.25) is 0 Å². The van der Waals surface area contributed by atoms with Crippen molar-refractivity contribution in [3.05, 3.63) is 35.4 Å². The van der Waals surface area contributed by atoms with E-state index < -0.39 is 11.7 Å². The molecule has 4 heteroatoms. The molecule has 0 bridgehead atoms. The number of halogens is 3. The largest absolute Gasteiger partial charge is 0.416 e. The summed E-state index contributed by atoms with van der Waals surface area (Å²) in [4.78, 5) is 0. The number of rotatable bonds is 2. The Morgan fingerprint density at radius 1 is 1.19 bits per heavy atom. The summed E-state index contributed by atoms with van der Waals surface area (Å²) >= 11 is 0. The zero-order valence-electron chi connectivity index (χ0n) is 9.01. The zero-order valence-corrected chi connectivity index (χ0v) is 9.01. The molecule has 16 heavy (non-hydrogen) atoms. The minimum Gasteiger partial charge on any atom is -0.316 e. The van der Waals surface area contributed by atoms with Gasteiger partial charge in [0.15, 0.2) is 0 Å². The molecule has 2 unspecified atom stereocenters. The Labute approximate surface area is 92.7 Å². The maximum atomic E-state index is 12.8. The molecule has 0 spiro atoms. The summed E-state index contributed by atoms with van der Waals surface area (Å²) in [5.41, 5.74) is -0.0550.